The standard InChI is InChI=1S/C20H25N5/c1-5-25(6-2)19-17-9-7-8-10-18(17)22-20(23-19)21-15-11-13-16(14-12-15)24(3)4/h7-14H,5-6H2,1-4H3,(H,21,22,23). The van der Waals surface area contributed by atoms with Crippen LogP contribution < -0.4 is 15.1 Å². The van der Waals surface area contributed by atoms with E-state index in [1.165, 1.54) is 0 Å². The number of rotatable bonds is 6. The van der Waals surface area contributed by atoms with Gasteiger partial charge in [-0.3, -0.25) is 0 Å². The highest BCUT2D eigenvalue weighted by Crippen LogP contribution is 2.26. The van der Waals surface area contributed by atoms with Crippen LogP contribution in [-0.2, 0) is 0 Å². The third-order valence-corrected chi connectivity index (χ3v) is 4.29. The molecular formula is C20H25N5. The van der Waals surface area contributed by atoms with Crippen molar-refractivity contribution in [3.05, 3.63) is 48.5 Å². The van der Waals surface area contributed by atoms with Crippen molar-refractivity contribution >= 4 is 34.0 Å². The zero-order chi connectivity index (χ0) is 17.8. The summed E-state index contributed by atoms with van der Waals surface area (Å²) in [5.74, 6) is 1.60. The molecular weight excluding hydrogens is 310 g/mol. The molecule has 130 valence electrons. The Morgan fingerprint density at radius 2 is 1.56 bits per heavy atom. The van der Waals surface area contributed by atoms with E-state index in [1.807, 2.05) is 44.4 Å². The summed E-state index contributed by atoms with van der Waals surface area (Å²) in [4.78, 5) is 13.8. The van der Waals surface area contributed by atoms with Crippen molar-refractivity contribution in [2.75, 3.05) is 42.3 Å². The summed E-state index contributed by atoms with van der Waals surface area (Å²) in [6.45, 7) is 6.11. The highest BCUT2D eigenvalue weighted by Gasteiger charge is 2.12. The third kappa shape index (κ3) is 3.65. The van der Waals surface area contributed by atoms with Crippen molar-refractivity contribution in [2.45, 2.75) is 13.8 Å². The van der Waals surface area contributed by atoms with Crippen LogP contribution in [0.3, 0.4) is 0 Å². The van der Waals surface area contributed by atoms with E-state index < -0.39 is 0 Å². The summed E-state index contributed by atoms with van der Waals surface area (Å²) in [6, 6.07) is 16.4. The molecule has 0 bridgehead atoms. The van der Waals surface area contributed by atoms with E-state index in [4.69, 9.17) is 4.98 Å². The summed E-state index contributed by atoms with van der Waals surface area (Å²) in [5, 5.41) is 4.42. The number of fused-ring (bicyclic) bond motifs is 1. The average molecular weight is 335 g/mol. The molecule has 0 saturated carbocycles. The number of nitrogens with zero attached hydrogens (tertiary/aromatic N) is 4. The Bertz CT molecular complexity index is 838. The minimum Gasteiger partial charge on any atom is -0.378 e. The molecule has 0 saturated heterocycles. The largest absolute Gasteiger partial charge is 0.378 e. The molecule has 3 aromatic rings. The van der Waals surface area contributed by atoms with Gasteiger partial charge >= 0.3 is 0 Å². The molecule has 1 N–H and O–H groups in total. The number of hydrogen-bond donors (Lipinski definition) is 1. The molecule has 0 unspecified atom stereocenters. The fourth-order valence-electron chi connectivity index (χ4n) is 2.85. The van der Waals surface area contributed by atoms with Crippen LogP contribution >= 0.6 is 0 Å². The smallest absolute Gasteiger partial charge is 0.229 e. The summed E-state index contributed by atoms with van der Waals surface area (Å²) in [6.07, 6.45) is 0. The molecule has 0 spiro atoms. The summed E-state index contributed by atoms with van der Waals surface area (Å²) in [7, 11) is 4.07. The van der Waals surface area contributed by atoms with Crippen molar-refractivity contribution in [3.63, 3.8) is 0 Å². The van der Waals surface area contributed by atoms with Gasteiger partial charge in [-0.15, -0.1) is 0 Å². The monoisotopic (exact) mass is 335 g/mol. The zero-order valence-corrected chi connectivity index (χ0v) is 15.3. The van der Waals surface area contributed by atoms with Crippen molar-refractivity contribution < 1.29 is 0 Å². The molecule has 3 rings (SSSR count). The molecule has 0 aliphatic carbocycles. The lowest BCUT2D eigenvalue weighted by molar-refractivity contribution is 0.850. The Morgan fingerprint density at radius 1 is 0.880 bits per heavy atom. The molecule has 2 aromatic carbocycles. The van der Waals surface area contributed by atoms with Gasteiger partial charge in [0.15, 0.2) is 0 Å². The number of benzene rings is 2. The van der Waals surface area contributed by atoms with Gasteiger partial charge in [-0.2, -0.15) is 4.98 Å². The summed E-state index contributed by atoms with van der Waals surface area (Å²) >= 11 is 0. The van der Waals surface area contributed by atoms with Gasteiger partial charge in [-0.05, 0) is 50.2 Å². The maximum absolute atomic E-state index is 4.79. The van der Waals surface area contributed by atoms with Crippen LogP contribution in [0, 0.1) is 0 Å². The average Bonchev–Trinajstić information content (AvgIpc) is 2.63. The first-order valence-corrected chi connectivity index (χ1v) is 8.68. The number of aromatic nitrogens is 2. The first-order chi connectivity index (χ1) is 12.1. The zero-order valence-electron chi connectivity index (χ0n) is 15.3. The molecule has 5 nitrogen and oxygen atoms in total. The van der Waals surface area contributed by atoms with Crippen LogP contribution in [0.5, 0.6) is 0 Å². The predicted molar refractivity (Wildman–Crippen MR) is 107 cm³/mol. The highest BCUT2D eigenvalue weighted by atomic mass is 15.2. The van der Waals surface area contributed by atoms with E-state index in [-0.39, 0.29) is 0 Å². The Morgan fingerprint density at radius 3 is 2.20 bits per heavy atom. The second-order valence-electron chi connectivity index (χ2n) is 6.13. The minimum absolute atomic E-state index is 0.623. The summed E-state index contributed by atoms with van der Waals surface area (Å²) in [5.41, 5.74) is 3.09. The van der Waals surface area contributed by atoms with Gasteiger partial charge in [0.1, 0.15) is 5.82 Å². The van der Waals surface area contributed by atoms with Gasteiger partial charge in [0, 0.05) is 43.9 Å². The van der Waals surface area contributed by atoms with E-state index in [1.54, 1.807) is 0 Å². The minimum atomic E-state index is 0.623. The number of hydrogen-bond acceptors (Lipinski definition) is 5. The fraction of sp³-hybridized carbons (Fsp3) is 0.300. The topological polar surface area (TPSA) is 44.3 Å². The second-order valence-corrected chi connectivity index (χ2v) is 6.13. The van der Waals surface area contributed by atoms with Crippen molar-refractivity contribution in [1.29, 1.82) is 0 Å². The highest BCUT2D eigenvalue weighted by molar-refractivity contribution is 5.90. The Kier molecular flexibility index (Phi) is 5.03. The van der Waals surface area contributed by atoms with Crippen molar-refractivity contribution in [1.82, 2.24) is 9.97 Å². The van der Waals surface area contributed by atoms with Crippen LogP contribution in [-0.4, -0.2) is 37.2 Å². The normalized spacial score (nSPS) is 10.7. The van der Waals surface area contributed by atoms with Gasteiger partial charge < -0.3 is 15.1 Å². The quantitative estimate of drug-likeness (QED) is 0.728. The van der Waals surface area contributed by atoms with E-state index in [9.17, 15) is 0 Å². The number of nitrogens with one attached hydrogen (secondary N) is 1. The van der Waals surface area contributed by atoms with Gasteiger partial charge in [0.2, 0.25) is 5.95 Å². The third-order valence-electron chi connectivity index (χ3n) is 4.29. The molecule has 25 heavy (non-hydrogen) atoms. The van der Waals surface area contributed by atoms with Crippen LogP contribution in [0.1, 0.15) is 13.8 Å². The molecule has 0 aliphatic rings. The fourth-order valence-corrected chi connectivity index (χ4v) is 2.85. The van der Waals surface area contributed by atoms with Crippen LogP contribution in [0.15, 0.2) is 48.5 Å². The predicted octanol–water partition coefficient (Wildman–Crippen LogP) is 4.29. The molecule has 0 amide bonds. The Labute approximate surface area is 149 Å². The lowest BCUT2D eigenvalue weighted by atomic mass is 10.2. The Hall–Kier alpha value is -2.82. The molecule has 0 radical (unpaired) electrons. The van der Waals surface area contributed by atoms with E-state index in [0.717, 1.165) is 41.2 Å². The SMILES string of the molecule is CCN(CC)c1nc(Nc2ccc(N(C)C)cc2)nc2ccccc12. The van der Waals surface area contributed by atoms with Gasteiger partial charge in [-0.25, -0.2) is 4.98 Å². The lowest BCUT2D eigenvalue weighted by Gasteiger charge is -2.22. The van der Waals surface area contributed by atoms with Gasteiger partial charge in [-0.1, -0.05) is 12.1 Å². The van der Waals surface area contributed by atoms with Crippen molar-refractivity contribution in [3.8, 4) is 0 Å². The van der Waals surface area contributed by atoms with Gasteiger partial charge in [0.25, 0.3) is 0 Å². The number of para-hydroxylation sites is 1. The Balaban J connectivity index is 1.98. The summed E-state index contributed by atoms with van der Waals surface area (Å²) < 4.78 is 0. The van der Waals surface area contributed by atoms with Crippen LogP contribution in [0.2, 0.25) is 0 Å². The van der Waals surface area contributed by atoms with Crippen LogP contribution in [0.25, 0.3) is 10.9 Å². The number of anilines is 4. The maximum Gasteiger partial charge on any atom is 0.229 e. The van der Waals surface area contributed by atoms with Crippen molar-refractivity contribution in [2.24, 2.45) is 0 Å². The molecule has 5 heteroatoms. The first-order valence-electron chi connectivity index (χ1n) is 8.68. The molecule has 0 atom stereocenters. The van der Waals surface area contributed by atoms with E-state index >= 15 is 0 Å². The maximum atomic E-state index is 4.79. The first kappa shape index (κ1) is 17.0. The van der Waals surface area contributed by atoms with Gasteiger partial charge in [0.05, 0.1) is 5.52 Å². The molecule has 1 heterocycles. The van der Waals surface area contributed by atoms with Crippen LogP contribution in [0.4, 0.5) is 23.1 Å². The lowest BCUT2D eigenvalue weighted by Crippen LogP contribution is -2.23. The molecule has 0 fully saturated rings. The van der Waals surface area contributed by atoms with E-state index in [0.29, 0.717) is 5.95 Å². The van der Waals surface area contributed by atoms with E-state index in [2.05, 4.69) is 52.1 Å². The molecule has 1 aromatic heterocycles. The second kappa shape index (κ2) is 7.38. The molecule has 0 aliphatic heterocycles.